The van der Waals surface area contributed by atoms with Crippen LogP contribution in [-0.2, 0) is 32.0 Å². The molecule has 0 N–H and O–H groups in total. The van der Waals surface area contributed by atoms with E-state index in [9.17, 15) is 24.0 Å². The summed E-state index contributed by atoms with van der Waals surface area (Å²) < 4.78 is 5.00. The molecule has 0 fully saturated rings. The third-order valence-electron chi connectivity index (χ3n) is 5.27. The maximum Gasteiger partial charge on any atom is 0.326 e. The van der Waals surface area contributed by atoms with Crippen LogP contribution in [0.15, 0.2) is 42.5 Å². The van der Waals surface area contributed by atoms with Crippen molar-refractivity contribution in [3.05, 3.63) is 64.7 Å². The highest BCUT2D eigenvalue weighted by Crippen LogP contribution is 2.28. The van der Waals surface area contributed by atoms with Gasteiger partial charge in [-0.2, -0.15) is 0 Å². The van der Waals surface area contributed by atoms with Crippen LogP contribution in [0.4, 0.5) is 5.69 Å². The van der Waals surface area contributed by atoms with Crippen LogP contribution in [0.1, 0.15) is 31.8 Å². The second kappa shape index (κ2) is 7.55. The number of likely N-dealkylation sites (N-methyl/N-ethyl adjacent to an activating group) is 1. The van der Waals surface area contributed by atoms with Crippen molar-refractivity contribution in [3.8, 4) is 0 Å². The zero-order valence-electron chi connectivity index (χ0n) is 16.2. The molecule has 8 nitrogen and oxygen atoms in total. The van der Waals surface area contributed by atoms with Gasteiger partial charge in [0.2, 0.25) is 11.8 Å². The number of ketones is 1. The summed E-state index contributed by atoms with van der Waals surface area (Å²) in [6, 6.07) is 11.6. The summed E-state index contributed by atoms with van der Waals surface area (Å²) in [4.78, 5) is 63.4. The zero-order chi connectivity index (χ0) is 21.4. The van der Waals surface area contributed by atoms with Crippen molar-refractivity contribution in [2.75, 3.05) is 25.1 Å². The van der Waals surface area contributed by atoms with Gasteiger partial charge in [-0.15, -0.1) is 0 Å². The Morgan fingerprint density at radius 3 is 2.50 bits per heavy atom. The molecule has 0 unspecified atom stereocenters. The Hall–Kier alpha value is -3.81. The van der Waals surface area contributed by atoms with E-state index in [0.29, 0.717) is 16.7 Å². The predicted molar refractivity (Wildman–Crippen MR) is 105 cm³/mol. The summed E-state index contributed by atoms with van der Waals surface area (Å²) in [7, 11) is 1.67. The first-order chi connectivity index (χ1) is 14.3. The first-order valence-electron chi connectivity index (χ1n) is 9.36. The molecule has 0 aliphatic carbocycles. The lowest BCUT2D eigenvalue weighted by molar-refractivity contribution is -0.146. The molecule has 8 heteroatoms. The molecule has 152 valence electrons. The van der Waals surface area contributed by atoms with Crippen molar-refractivity contribution in [1.82, 2.24) is 4.90 Å². The summed E-state index contributed by atoms with van der Waals surface area (Å²) in [6.07, 6.45) is 0.240. The fraction of sp³-hybridized carbons (Fsp3) is 0.227. The van der Waals surface area contributed by atoms with Crippen LogP contribution < -0.4 is 4.90 Å². The highest BCUT2D eigenvalue weighted by Gasteiger charge is 2.32. The number of esters is 1. The highest BCUT2D eigenvalue weighted by molar-refractivity contribution is 6.11. The van der Waals surface area contributed by atoms with Gasteiger partial charge in [-0.1, -0.05) is 18.2 Å². The normalized spacial score (nSPS) is 15.2. The number of amides is 3. The molecule has 2 aromatic rings. The molecule has 0 spiro atoms. The fourth-order valence-electron chi connectivity index (χ4n) is 3.61. The Morgan fingerprint density at radius 1 is 0.967 bits per heavy atom. The van der Waals surface area contributed by atoms with E-state index < -0.39 is 36.7 Å². The predicted octanol–water partition coefficient (Wildman–Crippen LogP) is 1.16. The molecular weight excluding hydrogens is 388 g/mol. The van der Waals surface area contributed by atoms with Crippen molar-refractivity contribution >= 4 is 35.2 Å². The number of carbonyl (C=O) groups is 5. The summed E-state index contributed by atoms with van der Waals surface area (Å²) in [6.45, 7) is -1.07. The number of benzene rings is 2. The Morgan fingerprint density at radius 2 is 1.70 bits per heavy atom. The molecule has 4 rings (SSSR count). The molecular formula is C22H18N2O6. The van der Waals surface area contributed by atoms with Crippen molar-refractivity contribution in [3.63, 3.8) is 0 Å². The monoisotopic (exact) mass is 406 g/mol. The lowest BCUT2D eigenvalue weighted by Gasteiger charge is -2.25. The van der Waals surface area contributed by atoms with E-state index >= 15 is 0 Å². The van der Waals surface area contributed by atoms with Crippen molar-refractivity contribution in [1.29, 1.82) is 0 Å². The second-order valence-electron chi connectivity index (χ2n) is 7.18. The Bertz CT molecular complexity index is 1110. The molecule has 2 aliphatic heterocycles. The van der Waals surface area contributed by atoms with Gasteiger partial charge in [0.15, 0.2) is 12.4 Å². The van der Waals surface area contributed by atoms with E-state index in [-0.39, 0.29) is 18.7 Å². The molecule has 3 amide bonds. The van der Waals surface area contributed by atoms with E-state index in [1.165, 1.54) is 4.90 Å². The number of Topliss-reactive ketones (excluding diaryl/α,β-unsaturated/α-hetero) is 1. The fourth-order valence-corrected chi connectivity index (χ4v) is 3.61. The Balaban J connectivity index is 1.37. The Kier molecular flexibility index (Phi) is 4.91. The molecule has 2 heterocycles. The molecule has 30 heavy (non-hydrogen) atoms. The van der Waals surface area contributed by atoms with E-state index in [0.717, 1.165) is 16.2 Å². The maximum absolute atomic E-state index is 12.5. The number of hydrogen-bond acceptors (Lipinski definition) is 6. The van der Waals surface area contributed by atoms with Gasteiger partial charge in [0.1, 0.15) is 6.54 Å². The topological polar surface area (TPSA) is 101 Å². The van der Waals surface area contributed by atoms with Gasteiger partial charge < -0.3 is 9.64 Å². The largest absolute Gasteiger partial charge is 0.456 e. The number of nitrogens with zero attached hydrogens (tertiary/aromatic N) is 2. The smallest absolute Gasteiger partial charge is 0.326 e. The molecule has 0 saturated carbocycles. The van der Waals surface area contributed by atoms with Gasteiger partial charge >= 0.3 is 5.97 Å². The summed E-state index contributed by atoms with van der Waals surface area (Å²) in [5.74, 6) is -2.39. The van der Waals surface area contributed by atoms with E-state index in [1.54, 1.807) is 49.5 Å². The molecule has 0 saturated heterocycles. The molecule has 0 aromatic heterocycles. The third-order valence-corrected chi connectivity index (χ3v) is 5.27. The van der Waals surface area contributed by atoms with Gasteiger partial charge in [-0.3, -0.25) is 28.9 Å². The number of anilines is 1. The van der Waals surface area contributed by atoms with Gasteiger partial charge in [0.05, 0.1) is 12.8 Å². The lowest BCUT2D eigenvalue weighted by atomic mass is 9.98. The lowest BCUT2D eigenvalue weighted by Crippen LogP contribution is -2.45. The standard InChI is InChI=1S/C22H18N2O6/c1-23-17-7-6-14(8-15(17)10-19(23)26)18(25)12-30-21(28)11-24-20(27)9-13-4-2-3-5-16(13)22(24)29/h2-8H,9-12H2,1H3. The van der Waals surface area contributed by atoms with Crippen molar-refractivity contribution in [2.45, 2.75) is 12.8 Å². The van der Waals surface area contributed by atoms with Gasteiger partial charge in [-0.05, 0) is 35.4 Å². The number of ether oxygens (including phenoxy) is 1. The molecule has 0 atom stereocenters. The Labute approximate surface area is 172 Å². The molecule has 2 aliphatic rings. The van der Waals surface area contributed by atoms with Crippen LogP contribution >= 0.6 is 0 Å². The van der Waals surface area contributed by atoms with Crippen molar-refractivity contribution in [2.24, 2.45) is 0 Å². The number of fused-ring (bicyclic) bond motifs is 2. The van der Waals surface area contributed by atoms with Crippen LogP contribution in [0, 0.1) is 0 Å². The average Bonchev–Trinajstić information content (AvgIpc) is 3.02. The molecule has 0 radical (unpaired) electrons. The second-order valence-corrected chi connectivity index (χ2v) is 7.18. The maximum atomic E-state index is 12.5. The van der Waals surface area contributed by atoms with Crippen LogP contribution in [0.25, 0.3) is 0 Å². The number of imide groups is 1. The van der Waals surface area contributed by atoms with Crippen LogP contribution in [-0.4, -0.2) is 54.6 Å². The first-order valence-corrected chi connectivity index (χ1v) is 9.36. The van der Waals surface area contributed by atoms with Crippen molar-refractivity contribution < 1.29 is 28.7 Å². The van der Waals surface area contributed by atoms with Crippen LogP contribution in [0.5, 0.6) is 0 Å². The summed E-state index contributed by atoms with van der Waals surface area (Å²) >= 11 is 0. The minimum Gasteiger partial charge on any atom is -0.456 e. The molecule has 2 aromatic carbocycles. The molecule has 0 bridgehead atoms. The van der Waals surface area contributed by atoms with Gasteiger partial charge in [0, 0.05) is 23.9 Å². The first kappa shape index (κ1) is 19.5. The number of rotatable bonds is 5. The quantitative estimate of drug-likeness (QED) is 0.420. The zero-order valence-corrected chi connectivity index (χ0v) is 16.2. The summed E-state index contributed by atoms with van der Waals surface area (Å²) in [5.41, 5.74) is 2.80. The van der Waals surface area contributed by atoms with E-state index in [2.05, 4.69) is 0 Å². The van der Waals surface area contributed by atoms with Gasteiger partial charge in [-0.25, -0.2) is 0 Å². The van der Waals surface area contributed by atoms with E-state index in [4.69, 9.17) is 4.74 Å². The van der Waals surface area contributed by atoms with E-state index in [1.807, 2.05) is 0 Å². The average molecular weight is 406 g/mol. The minimum atomic E-state index is -0.847. The van der Waals surface area contributed by atoms with Gasteiger partial charge in [0.25, 0.3) is 5.91 Å². The highest BCUT2D eigenvalue weighted by atomic mass is 16.5. The SMILES string of the molecule is CN1C(=O)Cc2cc(C(=O)COC(=O)CN3C(=O)Cc4ccccc4C3=O)ccc21. The number of hydrogen-bond donors (Lipinski definition) is 0. The summed E-state index contributed by atoms with van der Waals surface area (Å²) in [5, 5.41) is 0. The third kappa shape index (κ3) is 3.47. The minimum absolute atomic E-state index is 0.0242. The van der Waals surface area contributed by atoms with Crippen LogP contribution in [0.2, 0.25) is 0 Å². The number of carbonyl (C=O) groups excluding carboxylic acids is 5. The van der Waals surface area contributed by atoms with Crippen LogP contribution in [0.3, 0.4) is 0 Å².